The van der Waals surface area contributed by atoms with E-state index < -0.39 is 0 Å². The number of rotatable bonds is 8. The number of benzene rings is 2. The molecule has 1 amide bonds. The Bertz CT molecular complexity index is 1100. The summed E-state index contributed by atoms with van der Waals surface area (Å²) in [5.74, 6) is 1.40. The number of hydrogen-bond acceptors (Lipinski definition) is 5. The molecule has 0 saturated heterocycles. The van der Waals surface area contributed by atoms with Gasteiger partial charge < -0.3 is 14.6 Å². The molecule has 0 aliphatic carbocycles. The summed E-state index contributed by atoms with van der Waals surface area (Å²) in [6, 6.07) is 9.07. The van der Waals surface area contributed by atoms with Crippen LogP contribution in [0.2, 0.25) is 15.1 Å². The van der Waals surface area contributed by atoms with Gasteiger partial charge in [0.1, 0.15) is 12.4 Å². The summed E-state index contributed by atoms with van der Waals surface area (Å²) in [5.41, 5.74) is 2.59. The molecular formula is C21H21Cl3N4O2S. The molecule has 0 aliphatic heterocycles. The number of carbonyl (C=O) groups is 1. The van der Waals surface area contributed by atoms with E-state index in [-0.39, 0.29) is 18.3 Å². The lowest BCUT2D eigenvalue weighted by Gasteiger charge is -2.11. The van der Waals surface area contributed by atoms with Gasteiger partial charge in [-0.15, -0.1) is 10.2 Å². The molecule has 0 unspecified atom stereocenters. The third-order valence-corrected chi connectivity index (χ3v) is 6.43. The summed E-state index contributed by atoms with van der Waals surface area (Å²) in [4.78, 5) is 12.4. The summed E-state index contributed by atoms with van der Waals surface area (Å²) in [6.45, 7) is 6.95. The van der Waals surface area contributed by atoms with Crippen LogP contribution in [0.1, 0.15) is 23.9 Å². The minimum Gasteiger partial charge on any atom is -0.485 e. The average molecular weight is 500 g/mol. The van der Waals surface area contributed by atoms with Crippen LogP contribution in [0.15, 0.2) is 35.5 Å². The Morgan fingerprint density at radius 2 is 1.84 bits per heavy atom. The molecule has 0 atom stereocenters. The van der Waals surface area contributed by atoms with Crippen LogP contribution >= 0.6 is 46.6 Å². The number of hydrogen-bond donors (Lipinski definition) is 1. The fraction of sp³-hybridized carbons (Fsp3) is 0.286. The van der Waals surface area contributed by atoms with E-state index in [2.05, 4.69) is 15.5 Å². The summed E-state index contributed by atoms with van der Waals surface area (Å²) in [6.07, 6.45) is 0. The molecule has 0 radical (unpaired) electrons. The zero-order chi connectivity index (χ0) is 22.5. The van der Waals surface area contributed by atoms with Gasteiger partial charge in [0.15, 0.2) is 11.0 Å². The number of carbonyl (C=O) groups excluding carboxylic acids is 1. The summed E-state index contributed by atoms with van der Waals surface area (Å²) in [7, 11) is 0. The Morgan fingerprint density at radius 3 is 2.58 bits per heavy atom. The van der Waals surface area contributed by atoms with Crippen molar-refractivity contribution in [2.75, 3.05) is 11.1 Å². The molecule has 0 saturated carbocycles. The molecule has 1 N–H and O–H groups in total. The van der Waals surface area contributed by atoms with Crippen molar-refractivity contribution < 1.29 is 9.53 Å². The minimum absolute atomic E-state index is 0.132. The zero-order valence-corrected chi connectivity index (χ0v) is 20.3. The summed E-state index contributed by atoms with van der Waals surface area (Å²) < 4.78 is 7.87. The highest BCUT2D eigenvalue weighted by Gasteiger charge is 2.15. The number of thioether (sulfide) groups is 1. The van der Waals surface area contributed by atoms with E-state index in [0.717, 1.165) is 16.9 Å². The smallest absolute Gasteiger partial charge is 0.234 e. The van der Waals surface area contributed by atoms with Crippen LogP contribution < -0.4 is 10.1 Å². The number of nitrogens with zero attached hydrogens (tertiary/aromatic N) is 3. The Morgan fingerprint density at radius 1 is 1.10 bits per heavy atom. The van der Waals surface area contributed by atoms with Crippen LogP contribution in [0.3, 0.4) is 0 Å². The van der Waals surface area contributed by atoms with Gasteiger partial charge in [-0.2, -0.15) is 0 Å². The Labute approximate surface area is 200 Å². The van der Waals surface area contributed by atoms with Gasteiger partial charge in [-0.1, -0.05) is 58.7 Å². The van der Waals surface area contributed by atoms with Crippen LogP contribution in [0.25, 0.3) is 0 Å². The number of nitrogens with one attached hydrogen (secondary N) is 1. The molecule has 6 nitrogen and oxygen atoms in total. The lowest BCUT2D eigenvalue weighted by atomic mass is 10.1. The van der Waals surface area contributed by atoms with Crippen molar-refractivity contribution in [2.24, 2.45) is 0 Å². The van der Waals surface area contributed by atoms with Crippen molar-refractivity contribution in [3.8, 4) is 5.75 Å². The third-order valence-electron chi connectivity index (χ3n) is 4.43. The summed E-state index contributed by atoms with van der Waals surface area (Å²) in [5, 5.41) is 12.8. The van der Waals surface area contributed by atoms with E-state index in [1.54, 1.807) is 0 Å². The molecule has 0 fully saturated rings. The maximum absolute atomic E-state index is 12.4. The van der Waals surface area contributed by atoms with E-state index in [1.807, 2.05) is 43.5 Å². The van der Waals surface area contributed by atoms with Crippen LogP contribution in [-0.4, -0.2) is 26.4 Å². The first-order valence-corrected chi connectivity index (χ1v) is 11.6. The molecule has 1 heterocycles. The fourth-order valence-corrected chi connectivity index (χ4v) is 4.21. The minimum atomic E-state index is -0.246. The van der Waals surface area contributed by atoms with Gasteiger partial charge in [-0.25, -0.2) is 0 Å². The van der Waals surface area contributed by atoms with Gasteiger partial charge in [0.25, 0.3) is 0 Å². The van der Waals surface area contributed by atoms with Crippen molar-refractivity contribution >= 4 is 58.2 Å². The van der Waals surface area contributed by atoms with Gasteiger partial charge in [-0.05, 0) is 50.1 Å². The molecular weight excluding hydrogens is 479 g/mol. The van der Waals surface area contributed by atoms with Gasteiger partial charge >= 0.3 is 0 Å². The first kappa shape index (κ1) is 23.7. The molecule has 164 valence electrons. The molecule has 1 aromatic heterocycles. The number of anilines is 1. The van der Waals surface area contributed by atoms with Crippen molar-refractivity contribution in [3.63, 3.8) is 0 Å². The van der Waals surface area contributed by atoms with Crippen LogP contribution in [0.5, 0.6) is 5.75 Å². The number of ether oxygens (including phenoxy) is 1. The molecule has 0 spiro atoms. The van der Waals surface area contributed by atoms with Crippen molar-refractivity contribution in [3.05, 3.63) is 62.4 Å². The van der Waals surface area contributed by atoms with E-state index >= 15 is 0 Å². The topological polar surface area (TPSA) is 69.0 Å². The summed E-state index contributed by atoms with van der Waals surface area (Å²) >= 11 is 19.3. The van der Waals surface area contributed by atoms with Gasteiger partial charge in [0, 0.05) is 6.54 Å². The predicted octanol–water partition coefficient (Wildman–Crippen LogP) is 6.18. The highest BCUT2D eigenvalue weighted by molar-refractivity contribution is 7.99. The molecule has 3 rings (SSSR count). The molecule has 0 aliphatic rings. The second-order valence-corrected chi connectivity index (χ2v) is 8.95. The second-order valence-electron chi connectivity index (χ2n) is 6.78. The number of amides is 1. The normalized spacial score (nSPS) is 10.9. The zero-order valence-electron chi connectivity index (χ0n) is 17.2. The molecule has 2 aromatic carbocycles. The van der Waals surface area contributed by atoms with E-state index in [1.165, 1.54) is 23.9 Å². The lowest BCUT2D eigenvalue weighted by Crippen LogP contribution is -2.15. The quantitative estimate of drug-likeness (QED) is 0.296. The SMILES string of the molecule is CCn1c(COc2cc(C)ccc2C)nnc1SCC(=O)Nc1cc(Cl)c(Cl)cc1Cl. The Hall–Kier alpha value is -1.93. The maximum Gasteiger partial charge on any atom is 0.234 e. The molecule has 31 heavy (non-hydrogen) atoms. The number of halogens is 3. The largest absolute Gasteiger partial charge is 0.485 e. The first-order valence-electron chi connectivity index (χ1n) is 9.47. The predicted molar refractivity (Wildman–Crippen MR) is 127 cm³/mol. The Balaban J connectivity index is 1.62. The monoisotopic (exact) mass is 498 g/mol. The average Bonchev–Trinajstić information content (AvgIpc) is 3.13. The van der Waals surface area contributed by atoms with Crippen LogP contribution in [-0.2, 0) is 17.9 Å². The van der Waals surface area contributed by atoms with Gasteiger partial charge in [-0.3, -0.25) is 4.79 Å². The third kappa shape index (κ3) is 6.07. The van der Waals surface area contributed by atoms with Gasteiger partial charge in [0.2, 0.25) is 5.91 Å². The molecule has 3 aromatic rings. The van der Waals surface area contributed by atoms with Crippen LogP contribution in [0, 0.1) is 13.8 Å². The van der Waals surface area contributed by atoms with E-state index in [4.69, 9.17) is 39.5 Å². The van der Waals surface area contributed by atoms with Crippen molar-refractivity contribution in [1.29, 1.82) is 0 Å². The fourth-order valence-electron chi connectivity index (χ4n) is 2.79. The van der Waals surface area contributed by atoms with Crippen molar-refractivity contribution in [1.82, 2.24) is 14.8 Å². The highest BCUT2D eigenvalue weighted by Crippen LogP contribution is 2.32. The van der Waals surface area contributed by atoms with E-state index in [0.29, 0.717) is 38.3 Å². The van der Waals surface area contributed by atoms with Crippen LogP contribution in [0.4, 0.5) is 5.69 Å². The highest BCUT2D eigenvalue weighted by atomic mass is 35.5. The number of aromatic nitrogens is 3. The maximum atomic E-state index is 12.4. The lowest BCUT2D eigenvalue weighted by molar-refractivity contribution is -0.113. The number of aryl methyl sites for hydroxylation is 2. The molecule has 10 heteroatoms. The first-order chi connectivity index (χ1) is 14.8. The molecule has 0 bridgehead atoms. The van der Waals surface area contributed by atoms with Gasteiger partial charge in [0.05, 0.1) is 26.5 Å². The Kier molecular flexibility index (Phi) is 8.11. The van der Waals surface area contributed by atoms with Crippen molar-refractivity contribution in [2.45, 2.75) is 39.1 Å². The van der Waals surface area contributed by atoms with E-state index in [9.17, 15) is 4.79 Å². The standard InChI is InChI=1S/C21H21Cl3N4O2S/c1-4-28-19(10-30-18-7-12(2)5-6-13(18)3)26-27-21(28)31-11-20(29)25-17-9-15(23)14(22)8-16(17)24/h5-9H,4,10-11H2,1-3H3,(H,25,29). The second kappa shape index (κ2) is 10.6.